The summed E-state index contributed by atoms with van der Waals surface area (Å²) in [5, 5.41) is 1.87. The molecule has 0 bridgehead atoms. The van der Waals surface area contributed by atoms with Crippen molar-refractivity contribution in [2.24, 2.45) is 0 Å². The van der Waals surface area contributed by atoms with Crippen LogP contribution in [0.3, 0.4) is 0 Å². The van der Waals surface area contributed by atoms with Crippen LogP contribution in [0.2, 0.25) is 5.02 Å². The van der Waals surface area contributed by atoms with Crippen LogP contribution in [0.4, 0.5) is 0 Å². The first-order valence-electron chi connectivity index (χ1n) is 11.3. The SMILES string of the molecule is COc1ccc([C@@H](NS(=O)(=O)Cc2ccccc2Cl)c2nccc3cc(OC)c(OC)cc23)cc1OC. The van der Waals surface area contributed by atoms with Crippen molar-refractivity contribution in [3.05, 3.63) is 88.7 Å². The van der Waals surface area contributed by atoms with Crippen molar-refractivity contribution in [3.8, 4) is 23.0 Å². The third-order valence-corrected chi connectivity index (χ3v) is 7.57. The predicted octanol–water partition coefficient (Wildman–Crippen LogP) is 5.13. The number of methoxy groups -OCH3 is 4. The molecule has 0 unspecified atom stereocenters. The standard InChI is InChI=1S/C27H27ClN2O6S/c1-33-22-10-9-18(14-23(22)34-2)26(30-37(31,32)16-19-7-5-6-8-21(19)28)27-20-15-25(36-4)24(35-3)13-17(20)11-12-29-27/h5-15,26,30H,16H2,1-4H3/t26-/m1/s1. The predicted molar refractivity (Wildman–Crippen MR) is 143 cm³/mol. The van der Waals surface area contributed by atoms with Gasteiger partial charge in [0.15, 0.2) is 23.0 Å². The molecule has 3 aromatic carbocycles. The number of halogens is 1. The molecule has 1 heterocycles. The van der Waals surface area contributed by atoms with E-state index in [1.807, 2.05) is 12.1 Å². The molecule has 0 aliphatic heterocycles. The lowest BCUT2D eigenvalue weighted by Crippen LogP contribution is -2.31. The number of rotatable bonds is 10. The lowest BCUT2D eigenvalue weighted by molar-refractivity contribution is 0.354. The van der Waals surface area contributed by atoms with Crippen LogP contribution in [0.1, 0.15) is 22.9 Å². The van der Waals surface area contributed by atoms with E-state index in [4.69, 9.17) is 30.5 Å². The average Bonchev–Trinajstić information content (AvgIpc) is 2.91. The minimum Gasteiger partial charge on any atom is -0.493 e. The molecule has 4 aromatic rings. The summed E-state index contributed by atoms with van der Waals surface area (Å²) in [5.41, 5.74) is 1.57. The van der Waals surface area contributed by atoms with Crippen molar-refractivity contribution in [3.63, 3.8) is 0 Å². The quantitative estimate of drug-likeness (QED) is 0.297. The minimum absolute atomic E-state index is 0.307. The summed E-state index contributed by atoms with van der Waals surface area (Å²) < 4.78 is 51.5. The van der Waals surface area contributed by atoms with E-state index >= 15 is 0 Å². The topological polar surface area (TPSA) is 96.0 Å². The van der Waals surface area contributed by atoms with Crippen molar-refractivity contribution >= 4 is 32.4 Å². The maximum atomic E-state index is 13.4. The largest absolute Gasteiger partial charge is 0.493 e. The van der Waals surface area contributed by atoms with Gasteiger partial charge in [-0.05, 0) is 52.9 Å². The van der Waals surface area contributed by atoms with Gasteiger partial charge in [-0.1, -0.05) is 35.9 Å². The molecule has 0 amide bonds. The zero-order valence-corrected chi connectivity index (χ0v) is 22.4. The van der Waals surface area contributed by atoms with Crippen LogP contribution < -0.4 is 23.7 Å². The Balaban J connectivity index is 1.88. The van der Waals surface area contributed by atoms with Crippen LogP contribution in [0.5, 0.6) is 23.0 Å². The Morgan fingerprint density at radius 3 is 2.16 bits per heavy atom. The molecule has 37 heavy (non-hydrogen) atoms. The van der Waals surface area contributed by atoms with Gasteiger partial charge in [0.05, 0.1) is 45.9 Å². The molecule has 8 nitrogen and oxygen atoms in total. The van der Waals surface area contributed by atoms with Crippen LogP contribution >= 0.6 is 11.6 Å². The van der Waals surface area contributed by atoms with Gasteiger partial charge < -0.3 is 18.9 Å². The Bertz CT molecular complexity index is 1530. The van der Waals surface area contributed by atoms with Gasteiger partial charge in [0.1, 0.15) is 0 Å². The second kappa shape index (κ2) is 11.2. The highest BCUT2D eigenvalue weighted by molar-refractivity contribution is 7.88. The Kier molecular flexibility index (Phi) is 8.06. The highest BCUT2D eigenvalue weighted by atomic mass is 35.5. The van der Waals surface area contributed by atoms with E-state index in [0.29, 0.717) is 50.2 Å². The van der Waals surface area contributed by atoms with Crippen molar-refractivity contribution in [2.75, 3.05) is 28.4 Å². The van der Waals surface area contributed by atoms with Crippen molar-refractivity contribution in [1.29, 1.82) is 0 Å². The fourth-order valence-corrected chi connectivity index (χ4v) is 5.74. The van der Waals surface area contributed by atoms with Crippen LogP contribution in [0.25, 0.3) is 10.8 Å². The number of benzene rings is 3. The van der Waals surface area contributed by atoms with Crippen LogP contribution in [-0.4, -0.2) is 41.8 Å². The summed E-state index contributed by atoms with van der Waals surface area (Å²) in [6.45, 7) is 0. The number of hydrogen-bond acceptors (Lipinski definition) is 7. The third kappa shape index (κ3) is 5.74. The third-order valence-electron chi connectivity index (χ3n) is 5.91. The number of fused-ring (bicyclic) bond motifs is 1. The molecule has 0 spiro atoms. The Morgan fingerprint density at radius 2 is 1.49 bits per heavy atom. The van der Waals surface area contributed by atoms with Crippen LogP contribution in [0.15, 0.2) is 66.9 Å². The van der Waals surface area contributed by atoms with Gasteiger partial charge in [0.2, 0.25) is 10.0 Å². The second-order valence-electron chi connectivity index (χ2n) is 8.14. The number of nitrogens with one attached hydrogen (secondary N) is 1. The van der Waals surface area contributed by atoms with Gasteiger partial charge in [0, 0.05) is 16.6 Å². The van der Waals surface area contributed by atoms with Crippen LogP contribution in [0, 0.1) is 0 Å². The smallest absolute Gasteiger partial charge is 0.216 e. The summed E-state index contributed by atoms with van der Waals surface area (Å²) >= 11 is 6.25. The number of nitrogens with zero attached hydrogens (tertiary/aromatic N) is 1. The number of ether oxygens (including phenoxy) is 4. The molecular weight excluding hydrogens is 516 g/mol. The highest BCUT2D eigenvalue weighted by Crippen LogP contribution is 2.38. The van der Waals surface area contributed by atoms with E-state index in [-0.39, 0.29) is 5.75 Å². The van der Waals surface area contributed by atoms with E-state index < -0.39 is 16.1 Å². The zero-order chi connectivity index (χ0) is 26.6. The first kappa shape index (κ1) is 26.5. The fourth-order valence-electron chi connectivity index (χ4n) is 4.11. The Labute approximate surface area is 221 Å². The summed E-state index contributed by atoms with van der Waals surface area (Å²) in [6.07, 6.45) is 1.62. The summed E-state index contributed by atoms with van der Waals surface area (Å²) in [5.74, 6) is 1.71. The van der Waals surface area contributed by atoms with Gasteiger partial charge in [-0.3, -0.25) is 4.98 Å². The molecule has 0 fully saturated rings. The fraction of sp³-hybridized carbons (Fsp3) is 0.222. The first-order chi connectivity index (χ1) is 17.8. The number of hydrogen-bond donors (Lipinski definition) is 1. The molecule has 0 radical (unpaired) electrons. The summed E-state index contributed by atoms with van der Waals surface area (Å²) in [6, 6.07) is 16.6. The van der Waals surface area contributed by atoms with E-state index in [1.54, 1.807) is 61.8 Å². The van der Waals surface area contributed by atoms with Gasteiger partial charge in [-0.2, -0.15) is 0 Å². The lowest BCUT2D eigenvalue weighted by atomic mass is 9.98. The monoisotopic (exact) mass is 542 g/mol. The molecule has 0 saturated heterocycles. The summed E-state index contributed by atoms with van der Waals surface area (Å²) in [4.78, 5) is 4.60. The highest BCUT2D eigenvalue weighted by Gasteiger charge is 2.27. The Hall–Kier alpha value is -3.53. The van der Waals surface area contributed by atoms with Gasteiger partial charge >= 0.3 is 0 Å². The molecule has 10 heteroatoms. The maximum absolute atomic E-state index is 13.4. The number of aromatic nitrogens is 1. The molecule has 1 N–H and O–H groups in total. The number of pyridine rings is 1. The minimum atomic E-state index is -3.89. The van der Waals surface area contributed by atoms with Crippen LogP contribution in [-0.2, 0) is 15.8 Å². The van der Waals surface area contributed by atoms with E-state index in [9.17, 15) is 8.42 Å². The van der Waals surface area contributed by atoms with Gasteiger partial charge in [0.25, 0.3) is 0 Å². The van der Waals surface area contributed by atoms with E-state index in [0.717, 1.165) is 5.39 Å². The number of sulfonamides is 1. The first-order valence-corrected chi connectivity index (χ1v) is 13.3. The lowest BCUT2D eigenvalue weighted by Gasteiger charge is -2.22. The van der Waals surface area contributed by atoms with Crippen molar-refractivity contribution in [2.45, 2.75) is 11.8 Å². The van der Waals surface area contributed by atoms with Gasteiger partial charge in [-0.25, -0.2) is 13.1 Å². The average molecular weight is 543 g/mol. The van der Waals surface area contributed by atoms with Gasteiger partial charge in [-0.15, -0.1) is 0 Å². The van der Waals surface area contributed by atoms with Crippen molar-refractivity contribution in [1.82, 2.24) is 9.71 Å². The van der Waals surface area contributed by atoms with Crippen molar-refractivity contribution < 1.29 is 27.4 Å². The molecule has 1 aromatic heterocycles. The summed E-state index contributed by atoms with van der Waals surface area (Å²) in [7, 11) is 2.26. The Morgan fingerprint density at radius 1 is 0.838 bits per heavy atom. The molecule has 194 valence electrons. The zero-order valence-electron chi connectivity index (χ0n) is 20.8. The van der Waals surface area contributed by atoms with E-state index in [1.165, 1.54) is 21.3 Å². The molecule has 0 aliphatic rings. The molecule has 4 rings (SSSR count). The second-order valence-corrected chi connectivity index (χ2v) is 10.3. The molecule has 0 saturated carbocycles. The maximum Gasteiger partial charge on any atom is 0.216 e. The molecular formula is C27H27ClN2O6S. The molecule has 1 atom stereocenters. The van der Waals surface area contributed by atoms with E-state index in [2.05, 4.69) is 9.71 Å². The normalized spacial score (nSPS) is 12.2. The molecule has 0 aliphatic carbocycles.